The molecule has 7 heteroatoms. The third-order valence-electron chi connectivity index (χ3n) is 5.00. The molecule has 0 radical (unpaired) electrons. The molecule has 1 aliphatic rings. The van der Waals surface area contributed by atoms with E-state index in [0.29, 0.717) is 30.8 Å². The molecule has 1 saturated carbocycles. The largest absolute Gasteiger partial charge is 0.497 e. The van der Waals surface area contributed by atoms with E-state index in [4.69, 9.17) is 4.74 Å². The molecule has 1 heterocycles. The number of aromatic nitrogens is 1. The van der Waals surface area contributed by atoms with Crippen molar-refractivity contribution >= 4 is 17.6 Å². The minimum atomic E-state index is -0.899. The van der Waals surface area contributed by atoms with E-state index in [9.17, 15) is 9.59 Å². The summed E-state index contributed by atoms with van der Waals surface area (Å²) in [6.45, 7) is 0.383. The highest BCUT2D eigenvalue weighted by atomic mass is 16.5. The number of nitrogens with one attached hydrogen (secondary N) is 3. The zero-order chi connectivity index (χ0) is 19.8. The number of hydrogen-bond acceptors (Lipinski definition) is 4. The van der Waals surface area contributed by atoms with Crippen LogP contribution in [0.2, 0.25) is 0 Å². The number of hydrogen-bond donors (Lipinski definition) is 3. The van der Waals surface area contributed by atoms with E-state index in [0.717, 1.165) is 24.8 Å². The number of anilines is 1. The van der Waals surface area contributed by atoms with Crippen LogP contribution in [0.1, 0.15) is 37.7 Å². The molecule has 3 N–H and O–H groups in total. The second-order valence-corrected chi connectivity index (χ2v) is 7.00. The molecular weight excluding hydrogens is 356 g/mol. The number of carbonyl (C=O) groups excluding carboxylic acids is 2. The molecule has 0 bridgehead atoms. The van der Waals surface area contributed by atoms with Gasteiger partial charge in [0.05, 0.1) is 7.11 Å². The summed E-state index contributed by atoms with van der Waals surface area (Å²) in [6.07, 6.45) is 7.53. The van der Waals surface area contributed by atoms with Gasteiger partial charge < -0.3 is 20.7 Å². The lowest BCUT2D eigenvalue weighted by Crippen LogP contribution is -2.60. The van der Waals surface area contributed by atoms with Crippen LogP contribution >= 0.6 is 0 Å². The lowest BCUT2D eigenvalue weighted by Gasteiger charge is -2.36. The van der Waals surface area contributed by atoms with Gasteiger partial charge in [0.1, 0.15) is 11.3 Å². The van der Waals surface area contributed by atoms with Crippen LogP contribution < -0.4 is 20.7 Å². The third-order valence-corrected chi connectivity index (χ3v) is 5.00. The summed E-state index contributed by atoms with van der Waals surface area (Å²) in [7, 11) is 1.57. The van der Waals surface area contributed by atoms with E-state index in [1.165, 1.54) is 0 Å². The van der Waals surface area contributed by atoms with Crippen molar-refractivity contribution in [2.24, 2.45) is 0 Å². The maximum atomic E-state index is 13.0. The van der Waals surface area contributed by atoms with E-state index in [1.54, 1.807) is 43.8 Å². The molecular formula is C21H26N4O3. The summed E-state index contributed by atoms with van der Waals surface area (Å²) >= 11 is 0. The molecule has 3 amide bonds. The first-order valence-corrected chi connectivity index (χ1v) is 9.52. The molecule has 0 atom stereocenters. The average molecular weight is 382 g/mol. The molecule has 0 unspecified atom stereocenters. The van der Waals surface area contributed by atoms with Gasteiger partial charge in [-0.05, 0) is 36.6 Å². The van der Waals surface area contributed by atoms with Gasteiger partial charge in [-0.2, -0.15) is 0 Å². The number of benzene rings is 1. The maximum absolute atomic E-state index is 13.0. The van der Waals surface area contributed by atoms with Crippen LogP contribution in [0.4, 0.5) is 10.5 Å². The van der Waals surface area contributed by atoms with Crippen LogP contribution in [0.25, 0.3) is 0 Å². The Hall–Kier alpha value is -3.09. The van der Waals surface area contributed by atoms with Gasteiger partial charge in [0.15, 0.2) is 0 Å². The molecule has 7 nitrogen and oxygen atoms in total. The third kappa shape index (κ3) is 5.00. The minimum Gasteiger partial charge on any atom is -0.497 e. The molecule has 1 aromatic carbocycles. The van der Waals surface area contributed by atoms with Gasteiger partial charge in [0.25, 0.3) is 0 Å². The molecule has 1 fully saturated rings. The SMILES string of the molecule is COc1cccc(NC(=O)NC2(C(=O)NCc3cccnc3)CCCCC2)c1. The Kier molecular flexibility index (Phi) is 6.47. The predicted octanol–water partition coefficient (Wildman–Crippen LogP) is 3.23. The summed E-state index contributed by atoms with van der Waals surface area (Å²) in [4.78, 5) is 29.7. The number of pyridine rings is 1. The van der Waals surface area contributed by atoms with Crippen molar-refractivity contribution in [2.75, 3.05) is 12.4 Å². The summed E-state index contributed by atoms with van der Waals surface area (Å²) in [6, 6.07) is 10.4. The summed E-state index contributed by atoms with van der Waals surface area (Å²) in [5, 5.41) is 8.69. The molecule has 148 valence electrons. The van der Waals surface area contributed by atoms with Gasteiger partial charge in [0, 0.05) is 30.7 Å². The van der Waals surface area contributed by atoms with Crippen molar-refractivity contribution in [3.8, 4) is 5.75 Å². The number of methoxy groups -OCH3 is 1. The molecule has 28 heavy (non-hydrogen) atoms. The quantitative estimate of drug-likeness (QED) is 0.715. The Bertz CT molecular complexity index is 804. The van der Waals surface area contributed by atoms with Crippen LogP contribution in [-0.4, -0.2) is 29.6 Å². The fraction of sp³-hybridized carbons (Fsp3) is 0.381. The Morgan fingerprint density at radius 3 is 2.68 bits per heavy atom. The van der Waals surface area contributed by atoms with Gasteiger partial charge in [0.2, 0.25) is 5.91 Å². The number of ether oxygens (including phenoxy) is 1. The Balaban J connectivity index is 1.66. The van der Waals surface area contributed by atoms with E-state index in [-0.39, 0.29) is 5.91 Å². The maximum Gasteiger partial charge on any atom is 0.320 e. The van der Waals surface area contributed by atoms with Gasteiger partial charge >= 0.3 is 6.03 Å². The van der Waals surface area contributed by atoms with Crippen molar-refractivity contribution in [2.45, 2.75) is 44.2 Å². The van der Waals surface area contributed by atoms with Crippen LogP contribution in [-0.2, 0) is 11.3 Å². The number of carbonyl (C=O) groups is 2. The zero-order valence-corrected chi connectivity index (χ0v) is 16.0. The van der Waals surface area contributed by atoms with Gasteiger partial charge in [-0.25, -0.2) is 4.79 Å². The number of urea groups is 1. The van der Waals surface area contributed by atoms with Crippen molar-refractivity contribution in [1.82, 2.24) is 15.6 Å². The van der Waals surface area contributed by atoms with Crippen molar-refractivity contribution in [1.29, 1.82) is 0 Å². The summed E-state index contributed by atoms with van der Waals surface area (Å²) in [5.41, 5.74) is 0.630. The number of rotatable bonds is 6. The fourth-order valence-corrected chi connectivity index (χ4v) is 3.50. The number of nitrogens with zero attached hydrogens (tertiary/aromatic N) is 1. The Labute approximate surface area is 164 Å². The average Bonchev–Trinajstić information content (AvgIpc) is 2.73. The zero-order valence-electron chi connectivity index (χ0n) is 16.0. The highest BCUT2D eigenvalue weighted by molar-refractivity contribution is 5.96. The predicted molar refractivity (Wildman–Crippen MR) is 107 cm³/mol. The molecule has 3 rings (SSSR count). The topological polar surface area (TPSA) is 92.4 Å². The first-order valence-electron chi connectivity index (χ1n) is 9.52. The molecule has 2 aromatic rings. The fourth-order valence-electron chi connectivity index (χ4n) is 3.50. The second-order valence-electron chi connectivity index (χ2n) is 7.00. The standard InChI is InChI=1S/C21H26N4O3/c1-28-18-9-5-8-17(13-18)24-20(27)25-21(10-3-2-4-11-21)19(26)23-15-16-7-6-12-22-14-16/h5-9,12-14H,2-4,10-11,15H2,1H3,(H,23,26)(H2,24,25,27). The van der Waals surface area contributed by atoms with E-state index in [2.05, 4.69) is 20.9 Å². The van der Waals surface area contributed by atoms with Crippen molar-refractivity contribution in [3.05, 3.63) is 54.4 Å². The summed E-state index contributed by atoms with van der Waals surface area (Å²) in [5.74, 6) is 0.497. The highest BCUT2D eigenvalue weighted by Crippen LogP contribution is 2.29. The second kappa shape index (κ2) is 9.21. The smallest absolute Gasteiger partial charge is 0.320 e. The normalized spacial score (nSPS) is 15.3. The van der Waals surface area contributed by atoms with Gasteiger partial charge in [-0.1, -0.05) is 31.4 Å². The first-order chi connectivity index (χ1) is 13.6. The molecule has 0 aliphatic heterocycles. The summed E-state index contributed by atoms with van der Waals surface area (Å²) < 4.78 is 5.18. The minimum absolute atomic E-state index is 0.156. The van der Waals surface area contributed by atoms with Crippen LogP contribution in [0.3, 0.4) is 0 Å². The van der Waals surface area contributed by atoms with Crippen molar-refractivity contribution in [3.63, 3.8) is 0 Å². The van der Waals surface area contributed by atoms with Crippen LogP contribution in [0.5, 0.6) is 5.75 Å². The van der Waals surface area contributed by atoms with Crippen LogP contribution in [0, 0.1) is 0 Å². The number of amides is 3. The first kappa shape index (κ1) is 19.7. The van der Waals surface area contributed by atoms with Gasteiger partial charge in [-0.3, -0.25) is 9.78 Å². The molecule has 1 aliphatic carbocycles. The molecule has 0 spiro atoms. The van der Waals surface area contributed by atoms with E-state index < -0.39 is 11.6 Å². The van der Waals surface area contributed by atoms with E-state index in [1.807, 2.05) is 12.1 Å². The lowest BCUT2D eigenvalue weighted by molar-refractivity contribution is -0.128. The van der Waals surface area contributed by atoms with Gasteiger partial charge in [-0.15, -0.1) is 0 Å². The highest BCUT2D eigenvalue weighted by Gasteiger charge is 2.40. The molecule has 1 aromatic heterocycles. The molecule has 0 saturated heterocycles. The monoisotopic (exact) mass is 382 g/mol. The Morgan fingerprint density at radius 1 is 1.14 bits per heavy atom. The van der Waals surface area contributed by atoms with Crippen molar-refractivity contribution < 1.29 is 14.3 Å². The van der Waals surface area contributed by atoms with E-state index >= 15 is 0 Å². The lowest BCUT2D eigenvalue weighted by atomic mass is 9.81. The Morgan fingerprint density at radius 2 is 1.96 bits per heavy atom. The van der Waals surface area contributed by atoms with Crippen LogP contribution in [0.15, 0.2) is 48.8 Å².